The number of anilines is 1. The number of benzene rings is 2. The van der Waals surface area contributed by atoms with Gasteiger partial charge in [0.1, 0.15) is 5.82 Å². The van der Waals surface area contributed by atoms with Crippen LogP contribution in [0.5, 0.6) is 5.75 Å². The van der Waals surface area contributed by atoms with Crippen LogP contribution in [0.2, 0.25) is 0 Å². The Labute approximate surface area is 160 Å². The van der Waals surface area contributed by atoms with E-state index in [4.69, 9.17) is 9.47 Å². The Morgan fingerprint density at radius 3 is 2.57 bits per heavy atom. The number of hydrogen-bond donors (Lipinski definition) is 1. The highest BCUT2D eigenvalue weighted by Crippen LogP contribution is 2.28. The summed E-state index contributed by atoms with van der Waals surface area (Å²) in [6.45, 7) is 4.82. The summed E-state index contributed by atoms with van der Waals surface area (Å²) >= 11 is 0. The van der Waals surface area contributed by atoms with E-state index in [0.717, 1.165) is 12.1 Å². The summed E-state index contributed by atoms with van der Waals surface area (Å²) in [4.78, 5) is 34.8. The Bertz CT molecular complexity index is 915. The lowest BCUT2D eigenvalue weighted by Crippen LogP contribution is -2.30. The van der Waals surface area contributed by atoms with Crippen molar-refractivity contribution in [3.05, 3.63) is 63.5 Å². The van der Waals surface area contributed by atoms with Gasteiger partial charge < -0.3 is 14.8 Å². The number of carbonyl (C=O) groups excluding carboxylic acids is 2. The minimum absolute atomic E-state index is 0.0243. The molecule has 9 heteroatoms. The molecule has 2 rings (SSSR count). The largest absolute Gasteiger partial charge is 0.487 e. The van der Waals surface area contributed by atoms with Gasteiger partial charge in [-0.2, -0.15) is 0 Å². The Morgan fingerprint density at radius 2 is 1.96 bits per heavy atom. The van der Waals surface area contributed by atoms with Gasteiger partial charge in [0.15, 0.2) is 11.9 Å². The van der Waals surface area contributed by atoms with Crippen molar-refractivity contribution in [3.8, 4) is 5.75 Å². The molecule has 0 radical (unpaired) electrons. The highest BCUT2D eigenvalue weighted by atomic mass is 19.1. The summed E-state index contributed by atoms with van der Waals surface area (Å²) in [5.74, 6) is -2.04. The number of hydrogen-bond acceptors (Lipinski definition) is 6. The fraction of sp³-hybridized carbons (Fsp3) is 0.263. The molecule has 8 nitrogen and oxygen atoms in total. The number of nitrogens with zero attached hydrogens (tertiary/aromatic N) is 1. The molecule has 0 heterocycles. The van der Waals surface area contributed by atoms with Crippen molar-refractivity contribution in [3.63, 3.8) is 0 Å². The van der Waals surface area contributed by atoms with Crippen molar-refractivity contribution in [1.82, 2.24) is 0 Å². The lowest BCUT2D eigenvalue weighted by molar-refractivity contribution is -0.385. The number of amides is 1. The van der Waals surface area contributed by atoms with E-state index < -0.39 is 28.7 Å². The number of nitro groups is 1. The van der Waals surface area contributed by atoms with Crippen LogP contribution in [0.15, 0.2) is 36.4 Å². The first-order valence-corrected chi connectivity index (χ1v) is 8.42. The Morgan fingerprint density at radius 1 is 1.25 bits per heavy atom. The van der Waals surface area contributed by atoms with Crippen LogP contribution in [-0.4, -0.2) is 29.5 Å². The van der Waals surface area contributed by atoms with Crippen molar-refractivity contribution in [2.24, 2.45) is 0 Å². The topological polar surface area (TPSA) is 108 Å². The molecular weight excluding hydrogens is 371 g/mol. The minimum Gasteiger partial charge on any atom is -0.487 e. The fourth-order valence-electron chi connectivity index (χ4n) is 2.26. The predicted octanol–water partition coefficient (Wildman–Crippen LogP) is 3.63. The number of nitrogens with one attached hydrogen (secondary N) is 1. The molecule has 0 bridgehead atoms. The van der Waals surface area contributed by atoms with Crippen LogP contribution < -0.4 is 10.1 Å². The van der Waals surface area contributed by atoms with Crippen LogP contribution in [0.25, 0.3) is 0 Å². The maximum absolute atomic E-state index is 13.6. The normalized spacial score (nSPS) is 11.4. The second-order valence-corrected chi connectivity index (χ2v) is 5.87. The number of halogens is 1. The molecule has 0 spiro atoms. The molecule has 0 fully saturated rings. The summed E-state index contributed by atoms with van der Waals surface area (Å²) in [5.41, 5.74) is 0.155. The van der Waals surface area contributed by atoms with E-state index in [9.17, 15) is 24.1 Å². The van der Waals surface area contributed by atoms with Crippen molar-refractivity contribution < 1.29 is 28.4 Å². The van der Waals surface area contributed by atoms with Gasteiger partial charge in [-0.05, 0) is 50.6 Å². The summed E-state index contributed by atoms with van der Waals surface area (Å²) < 4.78 is 23.7. The van der Waals surface area contributed by atoms with E-state index in [1.54, 1.807) is 13.8 Å². The fourth-order valence-corrected chi connectivity index (χ4v) is 2.26. The summed E-state index contributed by atoms with van der Waals surface area (Å²) in [5, 5.41) is 13.6. The first-order valence-electron chi connectivity index (χ1n) is 8.42. The SMILES string of the molecule is CCOc1ccc(C(=O)O[C@@H](C)C(=O)Nc2ccc(C)c(F)c2)cc1[N+](=O)[O-]. The van der Waals surface area contributed by atoms with E-state index in [2.05, 4.69) is 5.32 Å². The van der Waals surface area contributed by atoms with Crippen LogP contribution in [-0.2, 0) is 9.53 Å². The lowest BCUT2D eigenvalue weighted by Gasteiger charge is -2.14. The monoisotopic (exact) mass is 390 g/mol. The average Bonchev–Trinajstić information content (AvgIpc) is 2.64. The van der Waals surface area contributed by atoms with Gasteiger partial charge in [0.05, 0.1) is 17.1 Å². The number of ether oxygens (including phenoxy) is 2. The number of nitro benzene ring substituents is 1. The molecule has 1 atom stereocenters. The summed E-state index contributed by atoms with van der Waals surface area (Å²) in [6.07, 6.45) is -1.21. The molecule has 1 amide bonds. The quantitative estimate of drug-likeness (QED) is 0.439. The van der Waals surface area contributed by atoms with Gasteiger partial charge >= 0.3 is 11.7 Å². The van der Waals surface area contributed by atoms with Gasteiger partial charge in [-0.3, -0.25) is 14.9 Å². The first kappa shape index (κ1) is 20.8. The lowest BCUT2D eigenvalue weighted by atomic mass is 10.2. The molecule has 0 saturated heterocycles. The van der Waals surface area contributed by atoms with Crippen LogP contribution in [0.4, 0.5) is 15.8 Å². The van der Waals surface area contributed by atoms with Gasteiger partial charge in [0, 0.05) is 11.8 Å². The Hall–Kier alpha value is -3.49. The number of esters is 1. The maximum atomic E-state index is 13.6. The number of aryl methyl sites for hydroxylation is 1. The maximum Gasteiger partial charge on any atom is 0.339 e. The van der Waals surface area contributed by atoms with Gasteiger partial charge in [0.2, 0.25) is 0 Å². The second kappa shape index (κ2) is 8.94. The summed E-state index contributed by atoms with van der Waals surface area (Å²) in [7, 11) is 0. The second-order valence-electron chi connectivity index (χ2n) is 5.87. The van der Waals surface area contributed by atoms with E-state index in [1.807, 2.05) is 0 Å². The third-order valence-corrected chi connectivity index (χ3v) is 3.78. The molecular formula is C19H19FN2O6. The Balaban J connectivity index is 2.08. The summed E-state index contributed by atoms with van der Waals surface area (Å²) in [6, 6.07) is 7.78. The molecule has 28 heavy (non-hydrogen) atoms. The van der Waals surface area contributed by atoms with E-state index in [1.165, 1.54) is 31.2 Å². The van der Waals surface area contributed by atoms with Crippen molar-refractivity contribution in [2.45, 2.75) is 26.9 Å². The van der Waals surface area contributed by atoms with E-state index >= 15 is 0 Å². The molecule has 0 saturated carbocycles. The molecule has 2 aromatic carbocycles. The standard InChI is InChI=1S/C19H19FN2O6/c1-4-27-17-8-6-13(9-16(17)22(25)26)19(24)28-12(3)18(23)21-14-7-5-11(2)15(20)10-14/h5-10,12H,4H2,1-3H3,(H,21,23)/t12-/m0/s1. The number of carbonyl (C=O) groups is 2. The van der Waals surface area contributed by atoms with Crippen molar-refractivity contribution >= 4 is 23.3 Å². The molecule has 2 aromatic rings. The van der Waals surface area contributed by atoms with E-state index in [0.29, 0.717) is 5.56 Å². The third kappa shape index (κ3) is 5.03. The van der Waals surface area contributed by atoms with Gasteiger partial charge in [-0.15, -0.1) is 0 Å². The first-order chi connectivity index (χ1) is 13.2. The van der Waals surface area contributed by atoms with Crippen LogP contribution in [0, 0.1) is 22.9 Å². The molecule has 0 aromatic heterocycles. The zero-order valence-corrected chi connectivity index (χ0v) is 15.5. The molecule has 0 aliphatic carbocycles. The van der Waals surface area contributed by atoms with Gasteiger partial charge in [0.25, 0.3) is 5.91 Å². The number of rotatable bonds is 7. The molecule has 0 unspecified atom stereocenters. The smallest absolute Gasteiger partial charge is 0.339 e. The Kier molecular flexibility index (Phi) is 6.64. The van der Waals surface area contributed by atoms with Crippen molar-refractivity contribution in [1.29, 1.82) is 0 Å². The highest BCUT2D eigenvalue weighted by molar-refractivity contribution is 5.97. The molecule has 148 valence electrons. The van der Waals surface area contributed by atoms with Crippen LogP contribution in [0.1, 0.15) is 29.8 Å². The molecule has 0 aliphatic heterocycles. The van der Waals surface area contributed by atoms with Gasteiger partial charge in [-0.25, -0.2) is 9.18 Å². The van der Waals surface area contributed by atoms with Crippen LogP contribution in [0.3, 0.4) is 0 Å². The van der Waals surface area contributed by atoms with Crippen molar-refractivity contribution in [2.75, 3.05) is 11.9 Å². The average molecular weight is 390 g/mol. The van der Waals surface area contributed by atoms with E-state index in [-0.39, 0.29) is 29.3 Å². The molecule has 1 N–H and O–H groups in total. The minimum atomic E-state index is -1.21. The predicted molar refractivity (Wildman–Crippen MR) is 98.9 cm³/mol. The molecule has 0 aliphatic rings. The zero-order valence-electron chi connectivity index (χ0n) is 15.5. The van der Waals surface area contributed by atoms with Gasteiger partial charge in [-0.1, -0.05) is 6.07 Å². The zero-order chi connectivity index (χ0) is 20.8. The van der Waals surface area contributed by atoms with Crippen LogP contribution >= 0.6 is 0 Å². The third-order valence-electron chi connectivity index (χ3n) is 3.78. The highest BCUT2D eigenvalue weighted by Gasteiger charge is 2.23.